The molecule has 2 aliphatic heterocycles. The van der Waals surface area contributed by atoms with Crippen LogP contribution in [0.3, 0.4) is 0 Å². The number of carboxylic acid groups (broad SMARTS) is 1. The first-order valence-corrected chi connectivity index (χ1v) is 5.97. The van der Waals surface area contributed by atoms with Gasteiger partial charge in [-0.2, -0.15) is 0 Å². The zero-order valence-corrected chi connectivity index (χ0v) is 8.91. The van der Waals surface area contributed by atoms with E-state index in [1.165, 1.54) is 0 Å². The maximum absolute atomic E-state index is 11.5. The third-order valence-corrected chi connectivity index (χ3v) is 4.15. The van der Waals surface area contributed by atoms with Crippen molar-refractivity contribution in [2.24, 2.45) is 0 Å². The van der Waals surface area contributed by atoms with Crippen molar-refractivity contribution in [2.75, 3.05) is 13.1 Å². The number of fused-ring (bicyclic) bond motifs is 1. The lowest BCUT2D eigenvalue weighted by molar-refractivity contribution is -0.146. The van der Waals surface area contributed by atoms with Crippen molar-refractivity contribution in [3.8, 4) is 0 Å². The summed E-state index contributed by atoms with van der Waals surface area (Å²) in [5.41, 5.74) is -0.627. The number of hydrogen-bond donors (Lipinski definition) is 2. The fourth-order valence-electron chi connectivity index (χ4n) is 3.21. The normalized spacial score (nSPS) is 40.7. The third kappa shape index (κ3) is 1.39. The van der Waals surface area contributed by atoms with Crippen LogP contribution < -0.4 is 5.32 Å². The molecule has 1 saturated carbocycles. The van der Waals surface area contributed by atoms with Crippen molar-refractivity contribution in [3.63, 3.8) is 0 Å². The Balaban J connectivity index is 1.85. The van der Waals surface area contributed by atoms with Crippen LogP contribution in [0.15, 0.2) is 0 Å². The molecule has 4 nitrogen and oxygen atoms in total. The molecule has 3 aliphatic rings. The van der Waals surface area contributed by atoms with Crippen molar-refractivity contribution in [1.29, 1.82) is 0 Å². The van der Waals surface area contributed by atoms with Gasteiger partial charge in [0.2, 0.25) is 0 Å². The van der Waals surface area contributed by atoms with E-state index in [0.717, 1.165) is 45.2 Å². The fourth-order valence-corrected chi connectivity index (χ4v) is 3.21. The van der Waals surface area contributed by atoms with Crippen LogP contribution in [0.1, 0.15) is 32.1 Å². The Bertz CT molecular complexity index is 290. The second-order valence-electron chi connectivity index (χ2n) is 5.14. The third-order valence-electron chi connectivity index (χ3n) is 4.15. The molecule has 0 aromatic rings. The summed E-state index contributed by atoms with van der Waals surface area (Å²) >= 11 is 0. The fraction of sp³-hybridized carbons (Fsp3) is 0.909. The van der Waals surface area contributed by atoms with E-state index in [0.29, 0.717) is 6.04 Å². The summed E-state index contributed by atoms with van der Waals surface area (Å²) in [6, 6.07) is 0.720. The molecule has 15 heavy (non-hydrogen) atoms. The van der Waals surface area contributed by atoms with Crippen LogP contribution in [0.2, 0.25) is 0 Å². The second-order valence-corrected chi connectivity index (χ2v) is 5.14. The standard InChI is InChI=1S/C11H18N2O2/c14-10(15)11(12-8-3-4-8)5-7-13-6-1-2-9(11)13/h8-9,12H,1-7H2,(H,14,15). The summed E-state index contributed by atoms with van der Waals surface area (Å²) in [7, 11) is 0. The topological polar surface area (TPSA) is 52.6 Å². The highest BCUT2D eigenvalue weighted by molar-refractivity contribution is 5.80. The van der Waals surface area contributed by atoms with E-state index in [2.05, 4.69) is 10.2 Å². The highest BCUT2D eigenvalue weighted by Gasteiger charge is 2.55. The highest BCUT2D eigenvalue weighted by atomic mass is 16.4. The lowest BCUT2D eigenvalue weighted by atomic mass is 9.88. The molecule has 3 fully saturated rings. The number of carbonyl (C=O) groups is 1. The minimum absolute atomic E-state index is 0.246. The SMILES string of the molecule is O=C(O)C1(NC2CC2)CCN2CCCC21. The molecule has 2 unspecified atom stereocenters. The summed E-state index contributed by atoms with van der Waals surface area (Å²) in [4.78, 5) is 13.9. The molecule has 0 amide bonds. The van der Waals surface area contributed by atoms with E-state index < -0.39 is 11.5 Å². The average Bonchev–Trinajstić information content (AvgIpc) is 2.76. The smallest absolute Gasteiger partial charge is 0.325 e. The molecule has 4 heteroatoms. The van der Waals surface area contributed by atoms with Crippen LogP contribution in [0, 0.1) is 0 Å². The summed E-state index contributed by atoms with van der Waals surface area (Å²) in [6.07, 6.45) is 5.30. The monoisotopic (exact) mass is 210 g/mol. The number of nitrogens with zero attached hydrogens (tertiary/aromatic N) is 1. The van der Waals surface area contributed by atoms with Crippen molar-refractivity contribution in [2.45, 2.75) is 49.7 Å². The van der Waals surface area contributed by atoms with Gasteiger partial charge in [-0.25, -0.2) is 0 Å². The molecule has 2 heterocycles. The van der Waals surface area contributed by atoms with Crippen LogP contribution in [-0.4, -0.2) is 46.7 Å². The predicted molar refractivity (Wildman–Crippen MR) is 55.7 cm³/mol. The zero-order chi connectivity index (χ0) is 10.5. The Kier molecular flexibility index (Phi) is 2.04. The van der Waals surface area contributed by atoms with Gasteiger partial charge >= 0.3 is 5.97 Å². The van der Waals surface area contributed by atoms with Gasteiger partial charge < -0.3 is 5.11 Å². The van der Waals surface area contributed by atoms with Crippen LogP contribution in [0.4, 0.5) is 0 Å². The predicted octanol–water partition coefficient (Wildman–Crippen LogP) is 0.430. The van der Waals surface area contributed by atoms with E-state index in [-0.39, 0.29) is 6.04 Å². The molecule has 1 aliphatic carbocycles. The van der Waals surface area contributed by atoms with E-state index in [1.54, 1.807) is 0 Å². The van der Waals surface area contributed by atoms with Crippen molar-refractivity contribution < 1.29 is 9.90 Å². The van der Waals surface area contributed by atoms with Crippen molar-refractivity contribution in [3.05, 3.63) is 0 Å². The Morgan fingerprint density at radius 1 is 1.33 bits per heavy atom. The Hall–Kier alpha value is -0.610. The molecule has 2 atom stereocenters. The van der Waals surface area contributed by atoms with Gasteiger partial charge in [0, 0.05) is 18.6 Å². The molecule has 0 aromatic carbocycles. The quantitative estimate of drug-likeness (QED) is 0.709. The van der Waals surface area contributed by atoms with Crippen molar-refractivity contribution in [1.82, 2.24) is 10.2 Å². The molecule has 2 N–H and O–H groups in total. The first-order valence-electron chi connectivity index (χ1n) is 5.97. The first-order chi connectivity index (χ1) is 7.22. The van der Waals surface area contributed by atoms with Gasteiger partial charge in [-0.15, -0.1) is 0 Å². The van der Waals surface area contributed by atoms with E-state index in [1.807, 2.05) is 0 Å². The van der Waals surface area contributed by atoms with Crippen LogP contribution in [0.5, 0.6) is 0 Å². The molecule has 84 valence electrons. The lowest BCUT2D eigenvalue weighted by Gasteiger charge is -2.32. The maximum atomic E-state index is 11.5. The molecule has 0 spiro atoms. The zero-order valence-electron chi connectivity index (χ0n) is 8.91. The number of nitrogens with one attached hydrogen (secondary N) is 1. The van der Waals surface area contributed by atoms with Gasteiger partial charge in [0.15, 0.2) is 0 Å². The summed E-state index contributed by atoms with van der Waals surface area (Å²) in [5.74, 6) is -0.635. The Morgan fingerprint density at radius 3 is 2.80 bits per heavy atom. The minimum atomic E-state index is -0.635. The Morgan fingerprint density at radius 2 is 2.13 bits per heavy atom. The molecule has 0 radical (unpaired) electrons. The van der Waals surface area contributed by atoms with Gasteiger partial charge in [-0.05, 0) is 38.6 Å². The second kappa shape index (κ2) is 3.19. The summed E-state index contributed by atoms with van der Waals surface area (Å²) in [6.45, 7) is 2.04. The summed E-state index contributed by atoms with van der Waals surface area (Å²) < 4.78 is 0. The number of hydrogen-bond acceptors (Lipinski definition) is 3. The van der Waals surface area contributed by atoms with E-state index >= 15 is 0 Å². The molecular formula is C11H18N2O2. The molecular weight excluding hydrogens is 192 g/mol. The van der Waals surface area contributed by atoms with Gasteiger partial charge in [0.25, 0.3) is 0 Å². The largest absolute Gasteiger partial charge is 0.480 e. The number of rotatable bonds is 3. The van der Waals surface area contributed by atoms with Gasteiger partial charge in [0.05, 0.1) is 0 Å². The Labute approximate surface area is 89.6 Å². The average molecular weight is 210 g/mol. The maximum Gasteiger partial charge on any atom is 0.325 e. The van der Waals surface area contributed by atoms with Crippen LogP contribution in [-0.2, 0) is 4.79 Å². The molecule has 2 saturated heterocycles. The minimum Gasteiger partial charge on any atom is -0.480 e. The van der Waals surface area contributed by atoms with Crippen molar-refractivity contribution >= 4 is 5.97 Å². The van der Waals surface area contributed by atoms with Crippen LogP contribution in [0.25, 0.3) is 0 Å². The van der Waals surface area contributed by atoms with Crippen LogP contribution >= 0.6 is 0 Å². The number of carboxylic acids is 1. The number of aliphatic carboxylic acids is 1. The molecule has 0 aromatic heterocycles. The van der Waals surface area contributed by atoms with E-state index in [4.69, 9.17) is 0 Å². The first kappa shape index (κ1) is 9.60. The van der Waals surface area contributed by atoms with Gasteiger partial charge in [0.1, 0.15) is 5.54 Å². The molecule has 0 bridgehead atoms. The van der Waals surface area contributed by atoms with E-state index in [9.17, 15) is 9.90 Å². The molecule has 3 rings (SSSR count). The highest BCUT2D eigenvalue weighted by Crippen LogP contribution is 2.38. The van der Waals surface area contributed by atoms with Gasteiger partial charge in [-0.3, -0.25) is 15.0 Å². The van der Waals surface area contributed by atoms with Gasteiger partial charge in [-0.1, -0.05) is 0 Å². The lowest BCUT2D eigenvalue weighted by Crippen LogP contribution is -2.59. The summed E-state index contributed by atoms with van der Waals surface area (Å²) in [5, 5.41) is 12.9.